The van der Waals surface area contributed by atoms with Crippen LogP contribution < -0.4 is 44.7 Å². The SMILES string of the molecule is O=C([O-])CCC(=O)NCc1ccc(-c2ccc3c(c2)CCO3)cc1.[Na+]. The van der Waals surface area contributed by atoms with Crippen molar-refractivity contribution >= 4 is 11.9 Å². The van der Waals surface area contributed by atoms with Crippen molar-refractivity contribution in [1.82, 2.24) is 5.32 Å². The molecule has 0 radical (unpaired) electrons. The Bertz CT molecular complexity index is 759. The van der Waals surface area contributed by atoms with Crippen molar-refractivity contribution in [2.75, 3.05) is 6.61 Å². The van der Waals surface area contributed by atoms with E-state index in [1.807, 2.05) is 36.4 Å². The van der Waals surface area contributed by atoms with Crippen LogP contribution in [0.4, 0.5) is 0 Å². The van der Waals surface area contributed by atoms with E-state index in [1.54, 1.807) is 0 Å². The summed E-state index contributed by atoms with van der Waals surface area (Å²) in [6.07, 6.45) is 0.629. The number of fused-ring (bicyclic) bond motifs is 1. The molecule has 0 saturated carbocycles. The fraction of sp³-hybridized carbons (Fsp3) is 0.263. The monoisotopic (exact) mass is 347 g/mol. The van der Waals surface area contributed by atoms with E-state index in [0.717, 1.165) is 35.5 Å². The second-order valence-electron chi connectivity index (χ2n) is 5.77. The number of rotatable bonds is 6. The third-order valence-corrected chi connectivity index (χ3v) is 4.02. The average molecular weight is 347 g/mol. The molecule has 2 aromatic carbocycles. The van der Waals surface area contributed by atoms with E-state index in [1.165, 1.54) is 5.56 Å². The van der Waals surface area contributed by atoms with Gasteiger partial charge in [-0.05, 0) is 40.8 Å². The number of carboxylic acids is 1. The smallest absolute Gasteiger partial charge is 0.550 e. The average Bonchev–Trinajstić information content (AvgIpc) is 3.06. The number of hydrogen-bond donors (Lipinski definition) is 1. The number of carboxylic acid groups (broad SMARTS) is 1. The maximum atomic E-state index is 11.5. The summed E-state index contributed by atoms with van der Waals surface area (Å²) in [5.74, 6) is -0.536. The molecule has 1 aliphatic heterocycles. The molecular weight excluding hydrogens is 329 g/mol. The van der Waals surface area contributed by atoms with E-state index >= 15 is 0 Å². The second kappa shape index (κ2) is 9.04. The van der Waals surface area contributed by atoms with Gasteiger partial charge in [0.2, 0.25) is 5.91 Å². The van der Waals surface area contributed by atoms with Crippen molar-refractivity contribution in [1.29, 1.82) is 0 Å². The molecule has 1 heterocycles. The number of aliphatic carboxylic acids is 1. The van der Waals surface area contributed by atoms with Crippen molar-refractivity contribution < 1.29 is 49.0 Å². The number of carbonyl (C=O) groups is 2. The minimum atomic E-state index is -1.21. The molecular formula is C19H18NNaO4. The minimum absolute atomic E-state index is 0. The van der Waals surface area contributed by atoms with Crippen LogP contribution in [0.3, 0.4) is 0 Å². The molecule has 0 saturated heterocycles. The first-order valence-corrected chi connectivity index (χ1v) is 7.93. The molecule has 5 nitrogen and oxygen atoms in total. The zero-order chi connectivity index (χ0) is 16.9. The molecule has 1 aliphatic rings. The quantitative estimate of drug-likeness (QED) is 0.641. The van der Waals surface area contributed by atoms with Gasteiger partial charge in [0.15, 0.2) is 0 Å². The van der Waals surface area contributed by atoms with Gasteiger partial charge in [-0.1, -0.05) is 30.3 Å². The molecule has 124 valence electrons. The molecule has 1 amide bonds. The number of benzene rings is 2. The fourth-order valence-corrected chi connectivity index (χ4v) is 2.69. The first kappa shape index (κ1) is 19.5. The number of nitrogens with one attached hydrogen (secondary N) is 1. The Kier molecular flexibility index (Phi) is 7.05. The van der Waals surface area contributed by atoms with Crippen molar-refractivity contribution in [2.45, 2.75) is 25.8 Å². The van der Waals surface area contributed by atoms with Crippen LogP contribution in [-0.4, -0.2) is 18.5 Å². The van der Waals surface area contributed by atoms with Gasteiger partial charge in [-0.15, -0.1) is 0 Å². The molecule has 6 heteroatoms. The third-order valence-electron chi connectivity index (χ3n) is 4.02. The Morgan fingerprint density at radius 1 is 1.04 bits per heavy atom. The molecule has 0 atom stereocenters. The summed E-state index contributed by atoms with van der Waals surface area (Å²) in [6.45, 7) is 1.12. The van der Waals surface area contributed by atoms with Gasteiger partial charge in [0.1, 0.15) is 5.75 Å². The molecule has 0 bridgehead atoms. The summed E-state index contributed by atoms with van der Waals surface area (Å²) in [6, 6.07) is 14.1. The normalized spacial score (nSPS) is 11.8. The summed E-state index contributed by atoms with van der Waals surface area (Å²) in [5, 5.41) is 13.0. The van der Waals surface area contributed by atoms with E-state index in [-0.39, 0.29) is 48.3 Å². The first-order valence-electron chi connectivity index (χ1n) is 7.93. The Hall–Kier alpha value is -1.82. The van der Waals surface area contributed by atoms with Crippen LogP contribution >= 0.6 is 0 Å². The molecule has 0 fully saturated rings. The maximum Gasteiger partial charge on any atom is 1.00 e. The number of ether oxygens (including phenoxy) is 1. The number of hydrogen-bond acceptors (Lipinski definition) is 4. The van der Waals surface area contributed by atoms with Gasteiger partial charge >= 0.3 is 29.6 Å². The van der Waals surface area contributed by atoms with Crippen molar-refractivity contribution in [3.63, 3.8) is 0 Å². The molecule has 3 rings (SSSR count). The largest absolute Gasteiger partial charge is 1.00 e. The van der Waals surface area contributed by atoms with Crippen LogP contribution in [-0.2, 0) is 22.6 Å². The van der Waals surface area contributed by atoms with Crippen molar-refractivity contribution in [3.05, 3.63) is 53.6 Å². The number of carbonyl (C=O) groups excluding carboxylic acids is 2. The Labute approximate surface area is 168 Å². The molecule has 2 aromatic rings. The summed E-state index contributed by atoms with van der Waals surface area (Å²) in [7, 11) is 0. The molecule has 0 spiro atoms. The van der Waals surface area contributed by atoms with Gasteiger partial charge in [-0.25, -0.2) is 0 Å². The van der Waals surface area contributed by atoms with E-state index in [4.69, 9.17) is 4.74 Å². The van der Waals surface area contributed by atoms with E-state index in [0.29, 0.717) is 6.54 Å². The van der Waals surface area contributed by atoms with Gasteiger partial charge in [-0.3, -0.25) is 4.79 Å². The molecule has 0 unspecified atom stereocenters. The van der Waals surface area contributed by atoms with Crippen LogP contribution in [0.5, 0.6) is 5.75 Å². The fourth-order valence-electron chi connectivity index (χ4n) is 2.69. The van der Waals surface area contributed by atoms with Crippen molar-refractivity contribution in [2.24, 2.45) is 0 Å². The van der Waals surface area contributed by atoms with Gasteiger partial charge in [0.25, 0.3) is 0 Å². The first-order chi connectivity index (χ1) is 11.6. The van der Waals surface area contributed by atoms with Crippen LogP contribution in [0.15, 0.2) is 42.5 Å². The van der Waals surface area contributed by atoms with E-state index in [9.17, 15) is 14.7 Å². The van der Waals surface area contributed by atoms with Gasteiger partial charge in [-0.2, -0.15) is 0 Å². The minimum Gasteiger partial charge on any atom is -0.550 e. The van der Waals surface area contributed by atoms with Crippen LogP contribution in [0.1, 0.15) is 24.0 Å². The predicted octanol–water partition coefficient (Wildman–Crippen LogP) is -1.56. The Morgan fingerprint density at radius 3 is 2.48 bits per heavy atom. The second-order valence-corrected chi connectivity index (χ2v) is 5.77. The van der Waals surface area contributed by atoms with Gasteiger partial charge in [0, 0.05) is 25.4 Å². The predicted molar refractivity (Wildman–Crippen MR) is 87.2 cm³/mol. The Morgan fingerprint density at radius 2 is 1.76 bits per heavy atom. The van der Waals surface area contributed by atoms with Crippen LogP contribution in [0.2, 0.25) is 0 Å². The standard InChI is InChI=1S/C19H19NO4.Na/c21-18(7-8-19(22)23)20-12-13-1-3-14(4-2-13)15-5-6-17-16(11-15)9-10-24-17;/h1-6,11H,7-10,12H2,(H,20,21)(H,22,23);/q;+1/p-1. The molecule has 1 N–H and O–H groups in total. The van der Waals surface area contributed by atoms with E-state index < -0.39 is 5.97 Å². The summed E-state index contributed by atoms with van der Waals surface area (Å²) < 4.78 is 5.52. The van der Waals surface area contributed by atoms with Crippen LogP contribution in [0.25, 0.3) is 11.1 Å². The zero-order valence-electron chi connectivity index (χ0n) is 14.2. The number of amides is 1. The summed E-state index contributed by atoms with van der Waals surface area (Å²) in [5.41, 5.74) is 4.45. The third kappa shape index (κ3) is 5.33. The van der Waals surface area contributed by atoms with Crippen molar-refractivity contribution in [3.8, 4) is 16.9 Å². The van der Waals surface area contributed by atoms with Crippen LogP contribution in [0, 0.1) is 0 Å². The zero-order valence-corrected chi connectivity index (χ0v) is 16.2. The maximum absolute atomic E-state index is 11.5. The molecule has 0 aliphatic carbocycles. The van der Waals surface area contributed by atoms with Gasteiger partial charge in [0.05, 0.1) is 6.61 Å². The molecule has 25 heavy (non-hydrogen) atoms. The van der Waals surface area contributed by atoms with Gasteiger partial charge < -0.3 is 20.0 Å². The topological polar surface area (TPSA) is 78.5 Å². The summed E-state index contributed by atoms with van der Waals surface area (Å²) in [4.78, 5) is 21.8. The Balaban J connectivity index is 0.00000225. The molecule has 0 aromatic heterocycles. The van der Waals surface area contributed by atoms with E-state index in [2.05, 4.69) is 11.4 Å². The summed E-state index contributed by atoms with van der Waals surface area (Å²) >= 11 is 0.